The van der Waals surface area contributed by atoms with Crippen LogP contribution in [0.3, 0.4) is 0 Å². The molecular formula is C50H40BBrF2O2S2. The van der Waals surface area contributed by atoms with Crippen LogP contribution in [0.4, 0.5) is 8.78 Å². The molecule has 0 radical (unpaired) electrons. The second-order valence-electron chi connectivity index (χ2n) is 13.0. The van der Waals surface area contributed by atoms with E-state index in [0.29, 0.717) is 5.46 Å². The van der Waals surface area contributed by atoms with Crippen molar-refractivity contribution in [3.05, 3.63) is 198 Å². The van der Waals surface area contributed by atoms with Crippen LogP contribution in [0.1, 0.15) is 14.9 Å². The standard InChI is InChI=1S/C24H15FS.C12H11BO2.C12H6BrFS.2CH4/c25-21-15-14-19(23-20-8-4-5-9-22(20)26-24(21)23)18-12-10-17(11-13-18)16-6-2-1-3-7-16;14-13(15)12-8-6-11(7-9-12)10-4-2-1-3-5-10;13-8-5-6-9(14)12-11(8)7-3-1-2-4-10(7)15-12;;/h1-15H;1-9,14-15H;1-6H;2*1H4. The molecule has 2 N–H and O–H groups in total. The smallest absolute Gasteiger partial charge is 0.423 e. The van der Waals surface area contributed by atoms with E-state index in [9.17, 15) is 8.78 Å². The Morgan fingerprint density at radius 2 is 0.810 bits per heavy atom. The maximum Gasteiger partial charge on any atom is 0.488 e. The van der Waals surface area contributed by atoms with Crippen LogP contribution >= 0.6 is 38.6 Å². The second-order valence-corrected chi connectivity index (χ2v) is 16.0. The van der Waals surface area contributed by atoms with Gasteiger partial charge in [0.05, 0.1) is 9.40 Å². The van der Waals surface area contributed by atoms with E-state index >= 15 is 0 Å². The number of halogens is 3. The Morgan fingerprint density at radius 3 is 1.33 bits per heavy atom. The monoisotopic (exact) mass is 864 g/mol. The number of benzene rings is 8. The normalized spacial score (nSPS) is 10.6. The molecule has 0 fully saturated rings. The fourth-order valence-electron chi connectivity index (χ4n) is 6.74. The van der Waals surface area contributed by atoms with Crippen molar-refractivity contribution in [1.82, 2.24) is 0 Å². The van der Waals surface area contributed by atoms with Gasteiger partial charge in [0.25, 0.3) is 0 Å². The summed E-state index contributed by atoms with van der Waals surface area (Å²) in [5.41, 5.74) is 7.27. The first kappa shape index (κ1) is 42.1. The Morgan fingerprint density at radius 1 is 0.414 bits per heavy atom. The molecule has 0 amide bonds. The minimum absolute atomic E-state index is 0. The van der Waals surface area contributed by atoms with Crippen LogP contribution in [0.25, 0.3) is 73.7 Å². The minimum Gasteiger partial charge on any atom is -0.423 e. The summed E-state index contributed by atoms with van der Waals surface area (Å²) < 4.78 is 32.7. The molecule has 8 heteroatoms. The first-order chi connectivity index (χ1) is 27.4. The van der Waals surface area contributed by atoms with E-state index in [2.05, 4.69) is 64.5 Å². The molecule has 2 aromatic heterocycles. The Hall–Kier alpha value is -5.48. The maximum absolute atomic E-state index is 14.4. The van der Waals surface area contributed by atoms with Crippen molar-refractivity contribution in [2.45, 2.75) is 14.9 Å². The van der Waals surface area contributed by atoms with E-state index < -0.39 is 7.12 Å². The number of thiophene rings is 2. The summed E-state index contributed by atoms with van der Waals surface area (Å²) >= 11 is 6.49. The van der Waals surface area contributed by atoms with Crippen molar-refractivity contribution < 1.29 is 18.8 Å². The first-order valence-corrected chi connectivity index (χ1v) is 20.3. The number of hydrogen-bond donors (Lipinski definition) is 2. The lowest BCUT2D eigenvalue weighted by Crippen LogP contribution is -2.29. The molecule has 58 heavy (non-hydrogen) atoms. The quantitative estimate of drug-likeness (QED) is 0.173. The van der Waals surface area contributed by atoms with E-state index in [1.54, 1.807) is 24.3 Å². The van der Waals surface area contributed by atoms with Crippen molar-refractivity contribution >= 4 is 91.5 Å². The predicted molar refractivity (Wildman–Crippen MR) is 252 cm³/mol. The third kappa shape index (κ3) is 8.82. The molecule has 0 bridgehead atoms. The topological polar surface area (TPSA) is 40.5 Å². The summed E-state index contributed by atoms with van der Waals surface area (Å²) in [5, 5.41) is 22.1. The fraction of sp³-hybridized carbons (Fsp3) is 0.0400. The number of rotatable bonds is 4. The summed E-state index contributed by atoms with van der Waals surface area (Å²) in [5.74, 6) is -0.291. The lowest BCUT2D eigenvalue weighted by Gasteiger charge is -2.07. The molecule has 2 nitrogen and oxygen atoms in total. The lowest BCUT2D eigenvalue weighted by atomic mass is 9.80. The molecule has 0 atom stereocenters. The van der Waals surface area contributed by atoms with Crippen LogP contribution in [0.2, 0.25) is 0 Å². The molecule has 0 aliphatic heterocycles. The van der Waals surface area contributed by atoms with Gasteiger partial charge in [-0.25, -0.2) is 8.78 Å². The second kappa shape index (κ2) is 18.9. The summed E-state index contributed by atoms with van der Waals surface area (Å²) in [6.07, 6.45) is 0. The highest BCUT2D eigenvalue weighted by Crippen LogP contribution is 2.42. The Balaban J connectivity index is 0.000000153. The average molecular weight is 866 g/mol. The van der Waals surface area contributed by atoms with Crippen LogP contribution in [0, 0.1) is 11.6 Å². The van der Waals surface area contributed by atoms with Gasteiger partial charge >= 0.3 is 7.12 Å². The van der Waals surface area contributed by atoms with Gasteiger partial charge in [0.1, 0.15) is 11.6 Å². The summed E-state index contributed by atoms with van der Waals surface area (Å²) in [6, 6.07) is 58.9. The fourth-order valence-corrected chi connectivity index (χ4v) is 9.69. The van der Waals surface area contributed by atoms with Crippen molar-refractivity contribution in [2.75, 3.05) is 0 Å². The minimum atomic E-state index is -1.39. The largest absolute Gasteiger partial charge is 0.488 e. The van der Waals surface area contributed by atoms with Gasteiger partial charge < -0.3 is 10.0 Å². The highest BCUT2D eigenvalue weighted by Gasteiger charge is 2.15. The Labute approximate surface area is 354 Å². The first-order valence-electron chi connectivity index (χ1n) is 17.9. The van der Waals surface area contributed by atoms with Gasteiger partial charge in [0.15, 0.2) is 0 Å². The van der Waals surface area contributed by atoms with Crippen molar-refractivity contribution in [3.63, 3.8) is 0 Å². The highest BCUT2D eigenvalue weighted by atomic mass is 79.9. The highest BCUT2D eigenvalue weighted by molar-refractivity contribution is 9.10. The van der Waals surface area contributed by atoms with Gasteiger partial charge in [-0.05, 0) is 69.2 Å². The van der Waals surface area contributed by atoms with Crippen LogP contribution in [0.5, 0.6) is 0 Å². The van der Waals surface area contributed by atoms with Gasteiger partial charge in [-0.3, -0.25) is 0 Å². The van der Waals surface area contributed by atoms with E-state index in [4.69, 9.17) is 10.0 Å². The zero-order chi connectivity index (χ0) is 38.6. The van der Waals surface area contributed by atoms with Gasteiger partial charge in [0, 0.05) is 35.4 Å². The molecule has 0 saturated heterocycles. The molecule has 10 aromatic rings. The van der Waals surface area contributed by atoms with Crippen molar-refractivity contribution in [2.24, 2.45) is 0 Å². The van der Waals surface area contributed by atoms with Gasteiger partial charge in [-0.1, -0.05) is 182 Å². The Kier molecular flexibility index (Phi) is 13.7. The molecule has 288 valence electrons. The van der Waals surface area contributed by atoms with Gasteiger partial charge in [-0.2, -0.15) is 0 Å². The molecule has 2 heterocycles. The van der Waals surface area contributed by atoms with Crippen LogP contribution in [-0.2, 0) is 0 Å². The number of hydrogen-bond acceptors (Lipinski definition) is 4. The maximum atomic E-state index is 14.4. The molecule has 0 spiro atoms. The predicted octanol–water partition coefficient (Wildman–Crippen LogP) is 14.8. The summed E-state index contributed by atoms with van der Waals surface area (Å²) in [4.78, 5) is 0. The van der Waals surface area contributed by atoms with Crippen LogP contribution < -0.4 is 5.46 Å². The van der Waals surface area contributed by atoms with Crippen LogP contribution in [0.15, 0.2) is 186 Å². The third-order valence-electron chi connectivity index (χ3n) is 9.52. The SMILES string of the molecule is C.C.Fc1ccc(-c2ccc(-c3ccccc3)cc2)c2c1sc1ccccc12.Fc1ccc(Br)c2c1sc1ccccc12.OB(O)c1ccc(-c2ccccc2)cc1. The van der Waals surface area contributed by atoms with E-state index in [0.717, 1.165) is 67.1 Å². The lowest BCUT2D eigenvalue weighted by molar-refractivity contribution is 0.426. The average Bonchev–Trinajstić information content (AvgIpc) is 3.85. The molecule has 10 rings (SSSR count). The van der Waals surface area contributed by atoms with Crippen molar-refractivity contribution in [3.8, 4) is 33.4 Å². The van der Waals surface area contributed by atoms with E-state index in [-0.39, 0.29) is 26.5 Å². The summed E-state index contributed by atoms with van der Waals surface area (Å²) in [7, 11) is -1.39. The Bertz CT molecular complexity index is 2910. The van der Waals surface area contributed by atoms with Crippen LogP contribution in [-0.4, -0.2) is 17.2 Å². The molecule has 0 aliphatic carbocycles. The van der Waals surface area contributed by atoms with E-state index in [1.165, 1.54) is 39.9 Å². The zero-order valence-electron chi connectivity index (χ0n) is 29.7. The van der Waals surface area contributed by atoms with Gasteiger partial charge in [0.2, 0.25) is 0 Å². The third-order valence-corrected chi connectivity index (χ3v) is 12.5. The molecule has 0 unspecified atom stereocenters. The van der Waals surface area contributed by atoms with Gasteiger partial charge in [-0.15, -0.1) is 22.7 Å². The molecule has 0 saturated carbocycles. The summed E-state index contributed by atoms with van der Waals surface area (Å²) in [6.45, 7) is 0. The van der Waals surface area contributed by atoms with Crippen molar-refractivity contribution in [1.29, 1.82) is 0 Å². The zero-order valence-corrected chi connectivity index (χ0v) is 33.0. The van der Waals surface area contributed by atoms with E-state index in [1.807, 2.05) is 103 Å². The molecular weight excluding hydrogens is 825 g/mol. The number of fused-ring (bicyclic) bond motifs is 6. The molecule has 0 aliphatic rings. The molecule has 8 aromatic carbocycles.